The largest absolute Gasteiger partial charge is 0.258 e. The van der Waals surface area contributed by atoms with Gasteiger partial charge in [0, 0.05) is 11.5 Å². The molecule has 0 heterocycles. The fraction of sp³-hybridized carbons (Fsp3) is 0. The molecule has 0 radical (unpaired) electrons. The van der Waals surface area contributed by atoms with Gasteiger partial charge in [0.15, 0.2) is 0 Å². The molecule has 0 amide bonds. The lowest BCUT2D eigenvalue weighted by Crippen LogP contribution is -1.09. The molecule has 0 atom stereocenters. The second-order valence-electron chi connectivity index (χ2n) is 0.102. The van der Waals surface area contributed by atoms with E-state index >= 15 is 0 Å². The number of hydrogen-bond donors (Lipinski definition) is 1. The molecule has 0 fully saturated rings. The molecule has 0 aliphatic heterocycles. The Balaban J connectivity index is 0. The van der Waals surface area contributed by atoms with Crippen molar-refractivity contribution in [2.24, 2.45) is 0 Å². The summed E-state index contributed by atoms with van der Waals surface area (Å²) < 4.78 is 14.3. The number of rotatable bonds is 0. The van der Waals surface area contributed by atoms with Gasteiger partial charge in [-0.25, -0.2) is 0 Å². The molecular weight excluding hydrogens is 94.1 g/mol. The van der Waals surface area contributed by atoms with Crippen molar-refractivity contribution >= 4 is 25.0 Å². The number of hydrogen-bond acceptors (Lipinski definition) is 2. The van der Waals surface area contributed by atoms with Crippen molar-refractivity contribution in [2.75, 3.05) is 0 Å². The monoisotopic (exact) mass is 99.0 g/mol. The fourth-order valence-electron chi connectivity index (χ4n) is 0. The smallest absolute Gasteiger partial charge is 0.0218 e. The summed E-state index contributed by atoms with van der Waals surface area (Å²) in [5.41, 5.74) is 0. The van der Waals surface area contributed by atoms with Gasteiger partial charge in [-0.2, -0.15) is 13.5 Å². The predicted molar refractivity (Wildman–Crippen MR) is 24.0 cm³/mol. The molecule has 0 aromatic carbocycles. The van der Waals surface area contributed by atoms with Crippen molar-refractivity contribution in [3.8, 4) is 0 Å². The minimum absolute atomic E-state index is 0. The molecule has 0 aromatic heterocycles. The summed E-state index contributed by atoms with van der Waals surface area (Å²) in [4.78, 5) is 0. The van der Waals surface area contributed by atoms with Gasteiger partial charge in [0.05, 0.1) is 0 Å². The van der Waals surface area contributed by atoms with Gasteiger partial charge >= 0.3 is 0 Å². The average Bonchev–Trinajstić information content (AvgIpc) is 0.918. The van der Waals surface area contributed by atoms with Crippen LogP contribution in [-0.2, 0) is 11.5 Å². The highest BCUT2D eigenvalue weighted by atomic mass is 32.1. The standard InChI is InChI=1S/H3NOS.H2S/c1-3-2;/h1H,3H2;1H2. The molecular formula is H5NOS2. The van der Waals surface area contributed by atoms with Crippen LogP contribution in [0.4, 0.5) is 0 Å². The lowest BCUT2D eigenvalue weighted by atomic mass is 14.0. The van der Waals surface area contributed by atoms with Gasteiger partial charge in [0.1, 0.15) is 0 Å². The topological polar surface area (TPSA) is 40.9 Å². The van der Waals surface area contributed by atoms with Crippen molar-refractivity contribution in [1.82, 2.24) is 0 Å². The van der Waals surface area contributed by atoms with Crippen molar-refractivity contribution in [3.63, 3.8) is 0 Å². The third-order valence-corrected chi connectivity index (χ3v) is 0. The van der Waals surface area contributed by atoms with Crippen LogP contribution in [0.3, 0.4) is 0 Å². The Morgan fingerprint density at radius 2 is 1.75 bits per heavy atom. The van der Waals surface area contributed by atoms with Crippen LogP contribution in [0.2, 0.25) is 0 Å². The van der Waals surface area contributed by atoms with Crippen LogP contribution in [0.15, 0.2) is 0 Å². The lowest BCUT2D eigenvalue weighted by Gasteiger charge is -1.13. The van der Waals surface area contributed by atoms with Crippen LogP contribution in [0.1, 0.15) is 0 Å². The maximum Gasteiger partial charge on any atom is 0.0218 e. The zero-order chi connectivity index (χ0) is 2.71. The third-order valence-electron chi connectivity index (χ3n) is 0. The fourth-order valence-corrected chi connectivity index (χ4v) is 0. The van der Waals surface area contributed by atoms with Gasteiger partial charge in [-0.05, 0) is 0 Å². The Hall–Kier alpha value is 0.300. The minimum Gasteiger partial charge on any atom is -0.258 e. The Morgan fingerprint density at radius 1 is 1.75 bits per heavy atom. The molecule has 0 aliphatic rings. The molecule has 0 saturated carbocycles. The first-order valence-electron chi connectivity index (χ1n) is 0.454. The summed E-state index contributed by atoms with van der Waals surface area (Å²) in [6.07, 6.45) is 0. The van der Waals surface area contributed by atoms with E-state index < -0.39 is 11.5 Å². The highest BCUT2D eigenvalue weighted by molar-refractivity contribution is 7.59. The molecule has 0 aromatic rings. The Morgan fingerprint density at radius 3 is 1.75 bits per heavy atom. The van der Waals surface area contributed by atoms with E-state index in [1.165, 1.54) is 0 Å². The van der Waals surface area contributed by atoms with Crippen LogP contribution in [0, 0.1) is 4.78 Å². The van der Waals surface area contributed by atoms with Gasteiger partial charge < -0.3 is 0 Å². The predicted octanol–water partition coefficient (Wildman–Crippen LogP) is -0.461. The lowest BCUT2D eigenvalue weighted by molar-refractivity contribution is 0.697. The number of nitrogens with one attached hydrogen (secondary N) is 1. The summed E-state index contributed by atoms with van der Waals surface area (Å²) in [6.45, 7) is 0. The second kappa shape index (κ2) is 10.3. The highest BCUT2D eigenvalue weighted by Crippen LogP contribution is 0.958. The van der Waals surface area contributed by atoms with E-state index in [1.54, 1.807) is 0 Å². The molecule has 4 heteroatoms. The molecule has 28 valence electrons. The van der Waals surface area contributed by atoms with E-state index in [-0.39, 0.29) is 13.5 Å². The first-order valence-corrected chi connectivity index (χ1v) is 1.36. The van der Waals surface area contributed by atoms with E-state index in [0.717, 1.165) is 0 Å². The molecule has 0 bridgehead atoms. The normalized spacial score (nSPS) is 7.00. The molecule has 0 saturated heterocycles. The Bertz CT molecular complexity index is 27.0. The van der Waals surface area contributed by atoms with E-state index in [2.05, 4.69) is 0 Å². The molecule has 0 unspecified atom stereocenters. The van der Waals surface area contributed by atoms with Crippen LogP contribution < -0.4 is 0 Å². The Kier molecular flexibility index (Phi) is 22.9. The SMILES string of the molecule is N=[SH2]=O.S. The highest BCUT2D eigenvalue weighted by Gasteiger charge is 0.893. The average molecular weight is 99.2 g/mol. The van der Waals surface area contributed by atoms with Crippen LogP contribution in [-0.4, -0.2) is 4.21 Å². The van der Waals surface area contributed by atoms with E-state index in [9.17, 15) is 0 Å². The van der Waals surface area contributed by atoms with Crippen molar-refractivity contribution in [1.29, 1.82) is 4.78 Å². The maximum atomic E-state index is 8.62. The van der Waals surface area contributed by atoms with Crippen molar-refractivity contribution < 1.29 is 4.21 Å². The van der Waals surface area contributed by atoms with Crippen LogP contribution >= 0.6 is 13.5 Å². The van der Waals surface area contributed by atoms with Gasteiger partial charge in [0.25, 0.3) is 0 Å². The summed E-state index contributed by atoms with van der Waals surface area (Å²) in [7, 11) is 0. The van der Waals surface area contributed by atoms with E-state index in [0.29, 0.717) is 0 Å². The maximum absolute atomic E-state index is 8.62. The van der Waals surface area contributed by atoms with Crippen LogP contribution in [0.5, 0.6) is 0 Å². The quantitative estimate of drug-likeness (QED) is 0.438. The zero-order valence-electron chi connectivity index (χ0n) is 1.91. The van der Waals surface area contributed by atoms with Gasteiger partial charge in [-0.15, -0.1) is 0 Å². The Labute approximate surface area is 34.7 Å². The molecule has 0 rings (SSSR count). The van der Waals surface area contributed by atoms with E-state index in [1.807, 2.05) is 0 Å². The van der Waals surface area contributed by atoms with Crippen molar-refractivity contribution in [2.45, 2.75) is 0 Å². The first kappa shape index (κ1) is 8.85. The summed E-state index contributed by atoms with van der Waals surface area (Å²) in [5, 5.41) is 0. The van der Waals surface area contributed by atoms with Crippen molar-refractivity contribution in [3.05, 3.63) is 0 Å². The first-order chi connectivity index (χ1) is 1.41. The minimum atomic E-state index is -0.917. The molecule has 0 aliphatic carbocycles. The summed E-state index contributed by atoms with van der Waals surface area (Å²) >= 11 is -0.917. The van der Waals surface area contributed by atoms with E-state index in [4.69, 9.17) is 8.99 Å². The zero-order valence-corrected chi connectivity index (χ0v) is 3.91. The van der Waals surface area contributed by atoms with Gasteiger partial charge in [0.2, 0.25) is 0 Å². The van der Waals surface area contributed by atoms with Gasteiger partial charge in [-0.1, -0.05) is 0 Å². The third kappa shape index (κ3) is 43.2. The molecule has 1 N–H and O–H groups in total. The second-order valence-corrected chi connectivity index (χ2v) is 0.306. The summed E-state index contributed by atoms with van der Waals surface area (Å²) in [5.74, 6) is 0. The summed E-state index contributed by atoms with van der Waals surface area (Å²) in [6, 6.07) is 0. The molecule has 2 nitrogen and oxygen atoms in total. The van der Waals surface area contributed by atoms with Crippen LogP contribution in [0.25, 0.3) is 0 Å². The van der Waals surface area contributed by atoms with Gasteiger partial charge in [-0.3, -0.25) is 8.99 Å². The molecule has 4 heavy (non-hydrogen) atoms. The molecule has 0 spiro atoms.